The highest BCUT2D eigenvalue weighted by molar-refractivity contribution is 6.60. The smallest absolute Gasteiger partial charge is 0.481 e. The Labute approximate surface area is 117 Å². The number of rotatable bonds is 13. The van der Waals surface area contributed by atoms with Gasteiger partial charge in [0.1, 0.15) is 0 Å². The van der Waals surface area contributed by atoms with E-state index in [0.717, 1.165) is 38.1 Å². The van der Waals surface area contributed by atoms with Gasteiger partial charge in [0.15, 0.2) is 0 Å². The van der Waals surface area contributed by atoms with Gasteiger partial charge < -0.3 is 18.4 Å². The summed E-state index contributed by atoms with van der Waals surface area (Å²) in [5.41, 5.74) is 0. The van der Waals surface area contributed by atoms with Crippen molar-refractivity contribution in [3.05, 3.63) is 0 Å². The van der Waals surface area contributed by atoms with Crippen LogP contribution in [0.25, 0.3) is 0 Å². The SMILES string of the molecule is CO[Si](CCCCCCCCCC(=O)O)(OC)OC. The van der Waals surface area contributed by atoms with Crippen molar-refractivity contribution < 1.29 is 23.2 Å². The van der Waals surface area contributed by atoms with E-state index in [1.807, 2.05) is 0 Å². The standard InChI is InChI=1S/C13H28O5Si/c1-16-19(17-2,18-3)12-10-8-6-4-5-7-9-11-13(14)15/h4-12H2,1-3H3,(H,14,15). The number of hydrogen-bond donors (Lipinski definition) is 1. The fourth-order valence-electron chi connectivity index (χ4n) is 2.06. The minimum absolute atomic E-state index is 0.295. The summed E-state index contributed by atoms with van der Waals surface area (Å²) in [6.07, 6.45) is 7.76. The number of hydrogen-bond acceptors (Lipinski definition) is 4. The lowest BCUT2D eigenvalue weighted by Crippen LogP contribution is -2.42. The number of carboxylic acid groups (broad SMARTS) is 1. The maximum Gasteiger partial charge on any atom is 0.500 e. The van der Waals surface area contributed by atoms with Crippen LogP contribution in [0.5, 0.6) is 0 Å². The molecule has 0 aliphatic carbocycles. The minimum atomic E-state index is -2.38. The van der Waals surface area contributed by atoms with Gasteiger partial charge in [0, 0.05) is 33.8 Å². The van der Waals surface area contributed by atoms with Crippen LogP contribution in [-0.4, -0.2) is 41.2 Å². The normalized spacial score (nSPS) is 11.7. The topological polar surface area (TPSA) is 65.0 Å². The van der Waals surface area contributed by atoms with Gasteiger partial charge in [0.2, 0.25) is 0 Å². The monoisotopic (exact) mass is 292 g/mol. The van der Waals surface area contributed by atoms with Gasteiger partial charge >= 0.3 is 14.8 Å². The zero-order valence-corrected chi connectivity index (χ0v) is 13.4. The van der Waals surface area contributed by atoms with Crippen molar-refractivity contribution >= 4 is 14.8 Å². The Kier molecular flexibility index (Phi) is 11.1. The van der Waals surface area contributed by atoms with Crippen molar-refractivity contribution in [3.63, 3.8) is 0 Å². The molecule has 0 aromatic rings. The highest BCUT2D eigenvalue weighted by atomic mass is 28.4. The third-order valence-corrected chi connectivity index (χ3v) is 6.14. The van der Waals surface area contributed by atoms with Crippen molar-refractivity contribution in [3.8, 4) is 0 Å². The molecule has 0 atom stereocenters. The molecule has 1 N–H and O–H groups in total. The van der Waals surface area contributed by atoms with Crippen LogP contribution in [0, 0.1) is 0 Å². The first kappa shape index (κ1) is 18.6. The molecule has 0 amide bonds. The second-order valence-corrected chi connectivity index (χ2v) is 7.75. The van der Waals surface area contributed by atoms with Gasteiger partial charge in [-0.15, -0.1) is 0 Å². The Morgan fingerprint density at radius 3 is 1.68 bits per heavy atom. The molecular formula is C13H28O5Si. The maximum atomic E-state index is 10.3. The first-order valence-corrected chi connectivity index (χ1v) is 8.90. The zero-order valence-electron chi connectivity index (χ0n) is 12.4. The summed E-state index contributed by atoms with van der Waals surface area (Å²) in [7, 11) is 2.55. The largest absolute Gasteiger partial charge is 0.500 e. The van der Waals surface area contributed by atoms with Crippen LogP contribution < -0.4 is 0 Å². The van der Waals surface area contributed by atoms with E-state index in [9.17, 15) is 4.79 Å². The van der Waals surface area contributed by atoms with Crippen LogP contribution in [0.4, 0.5) is 0 Å². The molecule has 0 bridgehead atoms. The van der Waals surface area contributed by atoms with Gasteiger partial charge in [-0.05, 0) is 12.8 Å². The highest BCUT2D eigenvalue weighted by Crippen LogP contribution is 2.18. The Bertz CT molecular complexity index is 223. The first-order chi connectivity index (χ1) is 9.10. The molecule has 0 aliphatic heterocycles. The van der Waals surface area contributed by atoms with Gasteiger partial charge in [-0.1, -0.05) is 32.1 Å². The first-order valence-electron chi connectivity index (χ1n) is 6.97. The maximum absolute atomic E-state index is 10.3. The Balaban J connectivity index is 3.42. The lowest BCUT2D eigenvalue weighted by Gasteiger charge is -2.24. The summed E-state index contributed by atoms with van der Waals surface area (Å²) in [5.74, 6) is -0.694. The van der Waals surface area contributed by atoms with Crippen LogP contribution >= 0.6 is 0 Å². The van der Waals surface area contributed by atoms with Gasteiger partial charge in [-0.2, -0.15) is 0 Å². The van der Waals surface area contributed by atoms with Crippen LogP contribution in [0.3, 0.4) is 0 Å². The van der Waals surface area contributed by atoms with E-state index in [4.69, 9.17) is 18.4 Å². The third kappa shape index (κ3) is 9.15. The summed E-state index contributed by atoms with van der Waals surface area (Å²) in [5, 5.41) is 8.50. The molecule has 6 heteroatoms. The fourth-order valence-corrected chi connectivity index (χ4v) is 3.85. The number of aliphatic carboxylic acids is 1. The molecule has 0 aromatic heterocycles. The van der Waals surface area contributed by atoms with E-state index in [0.29, 0.717) is 6.42 Å². The van der Waals surface area contributed by atoms with Crippen molar-refractivity contribution in [2.24, 2.45) is 0 Å². The second-order valence-electron chi connectivity index (χ2n) is 4.66. The summed E-state index contributed by atoms with van der Waals surface area (Å²) < 4.78 is 16.1. The van der Waals surface area contributed by atoms with Crippen molar-refractivity contribution in [1.82, 2.24) is 0 Å². The predicted octanol–water partition coefficient (Wildman–Crippen LogP) is 3.07. The Hall–Kier alpha value is -0.433. The van der Waals surface area contributed by atoms with Crippen molar-refractivity contribution in [1.29, 1.82) is 0 Å². The molecule has 0 saturated carbocycles. The van der Waals surface area contributed by atoms with Crippen LogP contribution in [0.2, 0.25) is 6.04 Å². The van der Waals surface area contributed by atoms with Crippen LogP contribution in [-0.2, 0) is 18.1 Å². The number of carbonyl (C=O) groups is 1. The molecule has 0 radical (unpaired) electrons. The van der Waals surface area contributed by atoms with Crippen molar-refractivity contribution in [2.75, 3.05) is 21.3 Å². The molecule has 5 nitrogen and oxygen atoms in total. The van der Waals surface area contributed by atoms with Crippen molar-refractivity contribution in [2.45, 2.75) is 57.4 Å². The molecule has 0 unspecified atom stereocenters. The molecular weight excluding hydrogens is 264 g/mol. The Morgan fingerprint density at radius 1 is 0.842 bits per heavy atom. The minimum Gasteiger partial charge on any atom is -0.481 e. The zero-order chi connectivity index (χ0) is 14.6. The summed E-state index contributed by atoms with van der Waals surface area (Å²) in [6.45, 7) is 0. The summed E-state index contributed by atoms with van der Waals surface area (Å²) in [6, 6.07) is 0.857. The van der Waals surface area contributed by atoms with Crippen LogP contribution in [0.15, 0.2) is 0 Å². The van der Waals surface area contributed by atoms with Crippen LogP contribution in [0.1, 0.15) is 51.4 Å². The van der Waals surface area contributed by atoms with E-state index in [1.165, 1.54) is 12.8 Å². The fraction of sp³-hybridized carbons (Fsp3) is 0.923. The average Bonchev–Trinajstić information content (AvgIpc) is 2.41. The highest BCUT2D eigenvalue weighted by Gasteiger charge is 2.36. The van der Waals surface area contributed by atoms with E-state index >= 15 is 0 Å². The molecule has 0 heterocycles. The molecule has 114 valence electrons. The molecule has 19 heavy (non-hydrogen) atoms. The lowest BCUT2D eigenvalue weighted by atomic mass is 10.1. The second kappa shape index (κ2) is 11.4. The van der Waals surface area contributed by atoms with E-state index < -0.39 is 14.8 Å². The van der Waals surface area contributed by atoms with Gasteiger partial charge in [0.25, 0.3) is 0 Å². The summed E-state index contributed by atoms with van der Waals surface area (Å²) in [4.78, 5) is 10.3. The molecule has 0 fully saturated rings. The van der Waals surface area contributed by atoms with Gasteiger partial charge in [0.05, 0.1) is 0 Å². The molecule has 0 rings (SSSR count). The third-order valence-electron chi connectivity index (χ3n) is 3.31. The molecule has 0 saturated heterocycles. The summed E-state index contributed by atoms with van der Waals surface area (Å²) >= 11 is 0. The number of carboxylic acids is 1. The predicted molar refractivity (Wildman–Crippen MR) is 76.2 cm³/mol. The molecule has 0 spiro atoms. The molecule has 0 aromatic carbocycles. The molecule has 0 aliphatic rings. The van der Waals surface area contributed by atoms with E-state index in [2.05, 4.69) is 0 Å². The van der Waals surface area contributed by atoms with Gasteiger partial charge in [-0.3, -0.25) is 4.79 Å². The lowest BCUT2D eigenvalue weighted by molar-refractivity contribution is -0.137. The average molecular weight is 292 g/mol. The number of unbranched alkanes of at least 4 members (excludes halogenated alkanes) is 6. The Morgan fingerprint density at radius 2 is 1.26 bits per heavy atom. The van der Waals surface area contributed by atoms with E-state index in [1.54, 1.807) is 21.3 Å². The quantitative estimate of drug-likeness (QED) is 0.417. The van der Waals surface area contributed by atoms with E-state index in [-0.39, 0.29) is 0 Å². The van der Waals surface area contributed by atoms with Gasteiger partial charge in [-0.25, -0.2) is 0 Å².